The second-order valence-electron chi connectivity index (χ2n) is 6.14. The van der Waals surface area contributed by atoms with E-state index in [0.29, 0.717) is 33.9 Å². The van der Waals surface area contributed by atoms with Crippen LogP contribution < -0.4 is 5.32 Å². The van der Waals surface area contributed by atoms with Crippen molar-refractivity contribution in [3.05, 3.63) is 101 Å². The number of benzene rings is 3. The fourth-order valence-electron chi connectivity index (χ4n) is 2.84. The van der Waals surface area contributed by atoms with E-state index in [0.717, 1.165) is 0 Å². The van der Waals surface area contributed by atoms with Crippen molar-refractivity contribution in [1.29, 1.82) is 0 Å². The highest BCUT2D eigenvalue weighted by molar-refractivity contribution is 6.30. The molecule has 0 amide bonds. The summed E-state index contributed by atoms with van der Waals surface area (Å²) < 4.78 is 5.69. The minimum absolute atomic E-state index is 0.294. The van der Waals surface area contributed by atoms with Crippen molar-refractivity contribution in [2.45, 2.75) is 13.0 Å². The zero-order valence-corrected chi connectivity index (χ0v) is 16.1. The maximum absolute atomic E-state index is 13.1. The molecule has 0 spiro atoms. The minimum atomic E-state index is -1.07. The smallest absolute Gasteiger partial charge is 0.341 e. The van der Waals surface area contributed by atoms with E-state index in [9.17, 15) is 9.59 Å². The Morgan fingerprint density at radius 3 is 2.25 bits per heavy atom. The number of nitrogens with one attached hydrogen (secondary N) is 1. The van der Waals surface area contributed by atoms with Gasteiger partial charge in [0, 0.05) is 28.4 Å². The molecule has 1 N–H and O–H groups in total. The number of halogens is 1. The van der Waals surface area contributed by atoms with Crippen molar-refractivity contribution in [2.75, 3.05) is 11.9 Å². The van der Waals surface area contributed by atoms with E-state index in [1.807, 2.05) is 19.1 Å². The van der Waals surface area contributed by atoms with Crippen LogP contribution in [0, 0.1) is 0 Å². The van der Waals surface area contributed by atoms with E-state index in [1.54, 1.807) is 66.7 Å². The zero-order chi connectivity index (χ0) is 19.9. The molecule has 0 fully saturated rings. The lowest BCUT2D eigenvalue weighted by Gasteiger charge is -2.19. The topological polar surface area (TPSA) is 55.4 Å². The van der Waals surface area contributed by atoms with E-state index in [2.05, 4.69) is 5.32 Å². The normalized spacial score (nSPS) is 11.5. The van der Waals surface area contributed by atoms with Crippen molar-refractivity contribution < 1.29 is 14.3 Å². The molecule has 1 atom stereocenters. The Bertz CT molecular complexity index is 955. The molecule has 0 bridgehead atoms. The molecule has 3 aromatic rings. The molecule has 0 radical (unpaired) electrons. The second kappa shape index (κ2) is 9.20. The van der Waals surface area contributed by atoms with E-state index < -0.39 is 12.1 Å². The fraction of sp³-hybridized carbons (Fsp3) is 0.130. The first-order chi connectivity index (χ1) is 13.6. The highest BCUT2D eigenvalue weighted by Gasteiger charge is 2.27. The number of carbonyl (C=O) groups is 2. The van der Waals surface area contributed by atoms with Crippen LogP contribution >= 0.6 is 11.6 Å². The van der Waals surface area contributed by atoms with Gasteiger partial charge in [0.25, 0.3) is 0 Å². The van der Waals surface area contributed by atoms with Crippen molar-refractivity contribution in [3.63, 3.8) is 0 Å². The van der Waals surface area contributed by atoms with Crippen LogP contribution in [-0.4, -0.2) is 18.3 Å². The Morgan fingerprint density at radius 2 is 1.57 bits per heavy atom. The molecule has 5 heteroatoms. The van der Waals surface area contributed by atoms with Crippen molar-refractivity contribution >= 4 is 29.0 Å². The lowest BCUT2D eigenvalue weighted by Crippen LogP contribution is -2.21. The molecule has 4 nitrogen and oxygen atoms in total. The molecule has 3 rings (SSSR count). The summed E-state index contributed by atoms with van der Waals surface area (Å²) in [5.41, 5.74) is 2.07. The van der Waals surface area contributed by atoms with Gasteiger partial charge in [-0.3, -0.25) is 4.79 Å². The molecule has 0 saturated carbocycles. The molecular formula is C23H20ClNO3. The van der Waals surface area contributed by atoms with Gasteiger partial charge in [0.2, 0.25) is 5.78 Å². The van der Waals surface area contributed by atoms with Crippen molar-refractivity contribution in [1.82, 2.24) is 0 Å². The summed E-state index contributed by atoms with van der Waals surface area (Å²) >= 11 is 5.97. The third-order valence-electron chi connectivity index (χ3n) is 4.21. The Hall–Kier alpha value is -3.11. The molecule has 0 aromatic heterocycles. The van der Waals surface area contributed by atoms with Gasteiger partial charge in [-0.05, 0) is 31.2 Å². The molecule has 0 heterocycles. The van der Waals surface area contributed by atoms with Gasteiger partial charge >= 0.3 is 5.97 Å². The summed E-state index contributed by atoms with van der Waals surface area (Å²) in [6.07, 6.45) is -1.07. The third-order valence-corrected chi connectivity index (χ3v) is 4.46. The summed E-state index contributed by atoms with van der Waals surface area (Å²) in [4.78, 5) is 26.0. The number of carbonyl (C=O) groups excluding carboxylic acids is 2. The van der Waals surface area contributed by atoms with Gasteiger partial charge in [-0.2, -0.15) is 0 Å². The quantitative estimate of drug-likeness (QED) is 0.422. The van der Waals surface area contributed by atoms with Gasteiger partial charge in [0.15, 0.2) is 6.10 Å². The largest absolute Gasteiger partial charge is 0.445 e. The SMILES string of the molecule is CCNc1ccccc1C(=O)OC(C(=O)c1ccccc1)c1ccc(Cl)cc1. The molecule has 0 aliphatic heterocycles. The van der Waals surface area contributed by atoms with Gasteiger partial charge in [0.1, 0.15) is 0 Å². The molecular weight excluding hydrogens is 374 g/mol. The van der Waals surface area contributed by atoms with Crippen LogP contribution in [0.4, 0.5) is 5.69 Å². The highest BCUT2D eigenvalue weighted by Crippen LogP contribution is 2.27. The summed E-state index contributed by atoms with van der Waals surface area (Å²) in [5, 5.41) is 3.68. The number of hydrogen-bond donors (Lipinski definition) is 1. The third kappa shape index (κ3) is 4.59. The molecule has 142 valence electrons. The van der Waals surface area contributed by atoms with Crippen LogP contribution in [0.1, 0.15) is 39.3 Å². The molecule has 3 aromatic carbocycles. The predicted octanol–water partition coefficient (Wildman–Crippen LogP) is 5.55. The first-order valence-electron chi connectivity index (χ1n) is 8.98. The van der Waals surface area contributed by atoms with Crippen LogP contribution in [-0.2, 0) is 4.74 Å². The van der Waals surface area contributed by atoms with Crippen LogP contribution in [0.15, 0.2) is 78.9 Å². The summed E-state index contributed by atoms with van der Waals surface area (Å²) in [5.74, 6) is -0.863. The Morgan fingerprint density at radius 1 is 0.929 bits per heavy atom. The van der Waals surface area contributed by atoms with Gasteiger partial charge in [-0.15, -0.1) is 0 Å². The van der Waals surface area contributed by atoms with E-state index in [1.165, 1.54) is 0 Å². The first kappa shape index (κ1) is 19.6. The lowest BCUT2D eigenvalue weighted by atomic mass is 9.99. The zero-order valence-electron chi connectivity index (χ0n) is 15.4. The van der Waals surface area contributed by atoms with Gasteiger partial charge in [0.05, 0.1) is 5.56 Å². The average molecular weight is 394 g/mol. The number of hydrogen-bond acceptors (Lipinski definition) is 4. The van der Waals surface area contributed by atoms with E-state index in [4.69, 9.17) is 16.3 Å². The maximum atomic E-state index is 13.1. The van der Waals surface area contributed by atoms with Crippen molar-refractivity contribution in [3.8, 4) is 0 Å². The summed E-state index contributed by atoms with van der Waals surface area (Å²) in [6, 6.07) is 22.6. The van der Waals surface area contributed by atoms with Crippen LogP contribution in [0.2, 0.25) is 5.02 Å². The molecule has 28 heavy (non-hydrogen) atoms. The van der Waals surface area contributed by atoms with Gasteiger partial charge in [-0.25, -0.2) is 4.79 Å². The molecule has 0 saturated heterocycles. The Kier molecular flexibility index (Phi) is 6.45. The number of para-hydroxylation sites is 1. The highest BCUT2D eigenvalue weighted by atomic mass is 35.5. The number of Topliss-reactive ketones (excluding diaryl/α,β-unsaturated/α-hetero) is 1. The van der Waals surface area contributed by atoms with E-state index >= 15 is 0 Å². The number of ether oxygens (including phenoxy) is 1. The molecule has 0 aliphatic rings. The minimum Gasteiger partial charge on any atom is -0.445 e. The number of esters is 1. The summed E-state index contributed by atoms with van der Waals surface area (Å²) in [7, 11) is 0. The van der Waals surface area contributed by atoms with Crippen LogP contribution in [0.5, 0.6) is 0 Å². The standard InChI is InChI=1S/C23H20ClNO3/c1-2-25-20-11-7-6-10-19(20)23(27)28-22(17-12-14-18(24)15-13-17)21(26)16-8-4-3-5-9-16/h3-15,22,25H,2H2,1H3. The molecule has 1 unspecified atom stereocenters. The molecule has 0 aliphatic carbocycles. The van der Waals surface area contributed by atoms with Crippen molar-refractivity contribution in [2.24, 2.45) is 0 Å². The lowest BCUT2D eigenvalue weighted by molar-refractivity contribution is 0.0281. The number of ketones is 1. The average Bonchev–Trinajstić information content (AvgIpc) is 2.73. The fourth-order valence-corrected chi connectivity index (χ4v) is 2.97. The van der Waals surface area contributed by atoms with Crippen LogP contribution in [0.25, 0.3) is 0 Å². The first-order valence-corrected chi connectivity index (χ1v) is 9.36. The van der Waals surface area contributed by atoms with Gasteiger partial charge < -0.3 is 10.1 Å². The van der Waals surface area contributed by atoms with Crippen LogP contribution in [0.3, 0.4) is 0 Å². The summed E-state index contributed by atoms with van der Waals surface area (Å²) in [6.45, 7) is 2.60. The second-order valence-corrected chi connectivity index (χ2v) is 6.58. The van der Waals surface area contributed by atoms with E-state index in [-0.39, 0.29) is 5.78 Å². The Balaban J connectivity index is 1.94. The Labute approximate surface area is 169 Å². The number of anilines is 1. The predicted molar refractivity (Wildman–Crippen MR) is 111 cm³/mol. The number of rotatable bonds is 7. The monoisotopic (exact) mass is 393 g/mol. The maximum Gasteiger partial charge on any atom is 0.341 e. The van der Waals surface area contributed by atoms with Gasteiger partial charge in [-0.1, -0.05) is 66.2 Å².